The van der Waals surface area contributed by atoms with Crippen LogP contribution in [-0.2, 0) is 0 Å². The summed E-state index contributed by atoms with van der Waals surface area (Å²) in [4.78, 5) is 19.7. The van der Waals surface area contributed by atoms with E-state index < -0.39 is 0 Å². The lowest BCUT2D eigenvalue weighted by Crippen LogP contribution is -2.13. The van der Waals surface area contributed by atoms with Crippen molar-refractivity contribution in [1.82, 2.24) is 9.97 Å². The molecule has 0 saturated carbocycles. The molecule has 86 valence electrons. The van der Waals surface area contributed by atoms with Gasteiger partial charge in [0.25, 0.3) is 5.91 Å². The molecule has 0 bridgehead atoms. The van der Waals surface area contributed by atoms with E-state index in [1.165, 1.54) is 12.3 Å². The number of aromatic nitrogens is 2. The number of nitrogens with one attached hydrogen (secondary N) is 1. The summed E-state index contributed by atoms with van der Waals surface area (Å²) in [5.41, 5.74) is 7.00. The van der Waals surface area contributed by atoms with Crippen LogP contribution in [0.25, 0.3) is 0 Å². The highest BCUT2D eigenvalue weighted by Gasteiger charge is 2.06. The average Bonchev–Trinajstić information content (AvgIpc) is 2.32. The summed E-state index contributed by atoms with van der Waals surface area (Å²) in [5, 5.41) is 2.68. The van der Waals surface area contributed by atoms with E-state index in [-0.39, 0.29) is 5.91 Å². The molecule has 2 heterocycles. The van der Waals surface area contributed by atoms with Gasteiger partial charge >= 0.3 is 0 Å². The molecule has 3 N–H and O–H groups in total. The molecular formula is C12H12N4O. The first-order valence-electron chi connectivity index (χ1n) is 5.11. The molecule has 0 atom stereocenters. The molecule has 0 aliphatic heterocycles. The van der Waals surface area contributed by atoms with Gasteiger partial charge < -0.3 is 11.1 Å². The summed E-state index contributed by atoms with van der Waals surface area (Å²) < 4.78 is 0. The number of anilines is 2. The van der Waals surface area contributed by atoms with E-state index in [0.717, 1.165) is 5.56 Å². The second-order valence-electron chi connectivity index (χ2n) is 3.64. The highest BCUT2D eigenvalue weighted by Crippen LogP contribution is 2.08. The maximum Gasteiger partial charge on any atom is 0.257 e. The third-order valence-corrected chi connectivity index (χ3v) is 2.20. The van der Waals surface area contributed by atoms with E-state index in [4.69, 9.17) is 5.73 Å². The molecule has 5 nitrogen and oxygen atoms in total. The van der Waals surface area contributed by atoms with Crippen LogP contribution in [0.2, 0.25) is 0 Å². The lowest BCUT2D eigenvalue weighted by Gasteiger charge is -2.04. The van der Waals surface area contributed by atoms with E-state index in [1.807, 2.05) is 13.0 Å². The minimum atomic E-state index is -0.254. The number of nitrogens with zero attached hydrogens (tertiary/aromatic N) is 2. The summed E-state index contributed by atoms with van der Waals surface area (Å²) in [6, 6.07) is 6.74. The van der Waals surface area contributed by atoms with Crippen molar-refractivity contribution >= 4 is 17.5 Å². The number of nitrogen functional groups attached to an aromatic ring is 1. The zero-order valence-corrected chi connectivity index (χ0v) is 9.34. The highest BCUT2D eigenvalue weighted by atomic mass is 16.1. The van der Waals surface area contributed by atoms with E-state index in [1.54, 1.807) is 18.3 Å². The molecule has 0 aliphatic rings. The van der Waals surface area contributed by atoms with Crippen LogP contribution in [0.5, 0.6) is 0 Å². The number of rotatable bonds is 2. The average molecular weight is 228 g/mol. The van der Waals surface area contributed by atoms with Gasteiger partial charge in [-0.25, -0.2) is 9.97 Å². The van der Waals surface area contributed by atoms with Crippen molar-refractivity contribution in [3.63, 3.8) is 0 Å². The quantitative estimate of drug-likeness (QED) is 0.818. The minimum Gasteiger partial charge on any atom is -0.384 e. The molecule has 0 aromatic carbocycles. The number of pyridine rings is 2. The Morgan fingerprint density at radius 3 is 2.76 bits per heavy atom. The fourth-order valence-electron chi connectivity index (χ4n) is 1.32. The SMILES string of the molecule is Cc1ccc(NC(=O)c2ccnc(N)c2)nc1. The number of hydrogen-bond acceptors (Lipinski definition) is 4. The second-order valence-corrected chi connectivity index (χ2v) is 3.64. The molecule has 0 fully saturated rings. The molecular weight excluding hydrogens is 216 g/mol. The molecule has 2 aromatic rings. The van der Waals surface area contributed by atoms with Gasteiger partial charge in [0.15, 0.2) is 0 Å². The van der Waals surface area contributed by atoms with Gasteiger partial charge in [-0.05, 0) is 30.7 Å². The van der Waals surface area contributed by atoms with E-state index >= 15 is 0 Å². The van der Waals surface area contributed by atoms with Gasteiger partial charge in [0, 0.05) is 18.0 Å². The van der Waals surface area contributed by atoms with Crippen molar-refractivity contribution < 1.29 is 4.79 Å². The van der Waals surface area contributed by atoms with Crippen molar-refractivity contribution in [2.45, 2.75) is 6.92 Å². The lowest BCUT2D eigenvalue weighted by molar-refractivity contribution is 0.102. The lowest BCUT2D eigenvalue weighted by atomic mass is 10.2. The number of nitrogens with two attached hydrogens (primary N) is 1. The van der Waals surface area contributed by atoms with Crippen LogP contribution >= 0.6 is 0 Å². The first kappa shape index (κ1) is 11.1. The van der Waals surface area contributed by atoms with E-state index in [0.29, 0.717) is 17.2 Å². The molecule has 0 radical (unpaired) electrons. The normalized spacial score (nSPS) is 9.94. The second kappa shape index (κ2) is 4.61. The summed E-state index contributed by atoms with van der Waals surface area (Å²) in [6.45, 7) is 1.93. The van der Waals surface area contributed by atoms with Gasteiger partial charge in [-0.2, -0.15) is 0 Å². The standard InChI is InChI=1S/C12H12N4O/c1-8-2-3-11(15-7-8)16-12(17)9-4-5-14-10(13)6-9/h2-7H,1H3,(H2,13,14)(H,15,16,17). The Balaban J connectivity index is 2.14. The Kier molecular flexibility index (Phi) is 3.00. The van der Waals surface area contributed by atoms with Gasteiger partial charge in [0.05, 0.1) is 0 Å². The first-order chi connectivity index (χ1) is 8.15. The molecule has 2 aromatic heterocycles. The summed E-state index contributed by atoms with van der Waals surface area (Å²) in [7, 11) is 0. The number of aryl methyl sites for hydroxylation is 1. The maximum atomic E-state index is 11.8. The van der Waals surface area contributed by atoms with Crippen LogP contribution in [-0.4, -0.2) is 15.9 Å². The Morgan fingerprint density at radius 1 is 1.29 bits per heavy atom. The number of amides is 1. The fourth-order valence-corrected chi connectivity index (χ4v) is 1.32. The van der Waals surface area contributed by atoms with Gasteiger partial charge in [-0.15, -0.1) is 0 Å². The number of carbonyl (C=O) groups excluding carboxylic acids is 1. The maximum absolute atomic E-state index is 11.8. The minimum absolute atomic E-state index is 0.254. The predicted octanol–water partition coefficient (Wildman–Crippen LogP) is 1.62. The monoisotopic (exact) mass is 228 g/mol. The van der Waals surface area contributed by atoms with E-state index in [9.17, 15) is 4.79 Å². The molecule has 0 saturated heterocycles. The van der Waals surface area contributed by atoms with Crippen molar-refractivity contribution in [1.29, 1.82) is 0 Å². The summed E-state index contributed by atoms with van der Waals surface area (Å²) in [6.07, 6.45) is 3.18. The Labute approximate surface area is 98.7 Å². The third-order valence-electron chi connectivity index (χ3n) is 2.20. The zero-order valence-electron chi connectivity index (χ0n) is 9.34. The van der Waals surface area contributed by atoms with Crippen molar-refractivity contribution in [3.05, 3.63) is 47.8 Å². The van der Waals surface area contributed by atoms with Gasteiger partial charge in [0.1, 0.15) is 11.6 Å². The molecule has 2 rings (SSSR count). The largest absolute Gasteiger partial charge is 0.384 e. The molecule has 0 unspecified atom stereocenters. The van der Waals surface area contributed by atoms with Crippen LogP contribution < -0.4 is 11.1 Å². The predicted molar refractivity (Wildman–Crippen MR) is 65.6 cm³/mol. The summed E-state index contributed by atoms with van der Waals surface area (Å²) >= 11 is 0. The topological polar surface area (TPSA) is 80.9 Å². The van der Waals surface area contributed by atoms with Crippen LogP contribution in [0.1, 0.15) is 15.9 Å². The Hall–Kier alpha value is -2.43. The molecule has 5 heteroatoms. The zero-order chi connectivity index (χ0) is 12.3. The summed E-state index contributed by atoms with van der Waals surface area (Å²) in [5.74, 6) is 0.570. The smallest absolute Gasteiger partial charge is 0.257 e. The van der Waals surface area contributed by atoms with Crippen molar-refractivity contribution in [2.75, 3.05) is 11.1 Å². The van der Waals surface area contributed by atoms with Crippen LogP contribution in [0, 0.1) is 6.92 Å². The van der Waals surface area contributed by atoms with E-state index in [2.05, 4.69) is 15.3 Å². The third kappa shape index (κ3) is 2.78. The molecule has 17 heavy (non-hydrogen) atoms. The number of carbonyl (C=O) groups is 1. The Morgan fingerprint density at radius 2 is 2.12 bits per heavy atom. The fraction of sp³-hybridized carbons (Fsp3) is 0.0833. The number of hydrogen-bond donors (Lipinski definition) is 2. The van der Waals surface area contributed by atoms with Gasteiger partial charge in [-0.1, -0.05) is 6.07 Å². The molecule has 0 spiro atoms. The van der Waals surface area contributed by atoms with Crippen LogP contribution in [0.15, 0.2) is 36.7 Å². The van der Waals surface area contributed by atoms with Gasteiger partial charge in [-0.3, -0.25) is 4.79 Å². The molecule has 0 aliphatic carbocycles. The van der Waals surface area contributed by atoms with Crippen LogP contribution in [0.3, 0.4) is 0 Å². The van der Waals surface area contributed by atoms with Crippen molar-refractivity contribution in [2.24, 2.45) is 0 Å². The van der Waals surface area contributed by atoms with Crippen LogP contribution in [0.4, 0.5) is 11.6 Å². The molecule has 1 amide bonds. The van der Waals surface area contributed by atoms with Gasteiger partial charge in [0.2, 0.25) is 0 Å². The Bertz CT molecular complexity index is 536. The highest BCUT2D eigenvalue weighted by molar-refractivity contribution is 6.04. The van der Waals surface area contributed by atoms with Crippen molar-refractivity contribution in [3.8, 4) is 0 Å². The first-order valence-corrected chi connectivity index (χ1v) is 5.11.